The molecule has 1 aliphatic rings. The Kier molecular flexibility index (Phi) is 5.62. The summed E-state index contributed by atoms with van der Waals surface area (Å²) in [5.74, 6) is 0. The molecule has 1 atom stereocenters. The summed E-state index contributed by atoms with van der Waals surface area (Å²) in [6.07, 6.45) is 3.84. The maximum absolute atomic E-state index is 4.81. The van der Waals surface area contributed by atoms with Crippen molar-refractivity contribution >= 4 is 43.6 Å². The second-order valence-corrected chi connectivity index (χ2v) is 8.97. The predicted octanol–water partition coefficient (Wildman–Crippen LogP) is 7.59. The molecule has 1 fully saturated rings. The Morgan fingerprint density at radius 2 is 1.12 bits per heavy atom. The first-order valence-electron chi connectivity index (χ1n) is 12.1. The van der Waals surface area contributed by atoms with Gasteiger partial charge in [0.1, 0.15) is 0 Å². The van der Waals surface area contributed by atoms with Crippen LogP contribution in [0.15, 0.2) is 103 Å². The Labute approximate surface area is 199 Å². The van der Waals surface area contributed by atoms with E-state index in [0.29, 0.717) is 6.04 Å². The van der Waals surface area contributed by atoms with Crippen LogP contribution in [0.3, 0.4) is 0 Å². The van der Waals surface area contributed by atoms with Gasteiger partial charge in [-0.2, -0.15) is 0 Å². The van der Waals surface area contributed by atoms with Crippen molar-refractivity contribution in [2.24, 2.45) is 0 Å². The predicted molar refractivity (Wildman–Crippen MR) is 143 cm³/mol. The van der Waals surface area contributed by atoms with E-state index in [1.54, 1.807) is 0 Å². The Bertz CT molecular complexity index is 1490. The molecule has 6 aromatic rings. The van der Waals surface area contributed by atoms with Crippen LogP contribution < -0.4 is 5.32 Å². The summed E-state index contributed by atoms with van der Waals surface area (Å²) >= 11 is 0. The van der Waals surface area contributed by atoms with Gasteiger partial charge in [0.05, 0.1) is 22.1 Å². The average Bonchev–Trinajstić information content (AvgIpc) is 2.91. The Morgan fingerprint density at radius 1 is 0.559 bits per heavy atom. The molecular formula is C31H27N3. The fraction of sp³-hybridized carbons (Fsp3) is 0.161. The molecule has 2 aromatic heterocycles. The van der Waals surface area contributed by atoms with E-state index in [9.17, 15) is 0 Å². The van der Waals surface area contributed by atoms with Crippen LogP contribution in [0, 0.1) is 0 Å². The van der Waals surface area contributed by atoms with Crippen LogP contribution in [0.1, 0.15) is 30.9 Å². The number of piperidine rings is 1. The first kappa shape index (κ1) is 20.8. The van der Waals surface area contributed by atoms with Crippen LogP contribution >= 0.6 is 0 Å². The number of benzene rings is 4. The minimum Gasteiger partial charge on any atom is -0.310 e. The monoisotopic (exact) mass is 441 g/mol. The first-order valence-corrected chi connectivity index (χ1v) is 12.1. The number of hydrogen-bond acceptors (Lipinski definition) is 3. The number of pyridine rings is 2. The lowest BCUT2D eigenvalue weighted by Gasteiger charge is -2.25. The summed E-state index contributed by atoms with van der Waals surface area (Å²) in [5, 5.41) is 8.57. The third kappa shape index (κ3) is 4.11. The van der Waals surface area contributed by atoms with Crippen LogP contribution in [-0.2, 0) is 0 Å². The van der Waals surface area contributed by atoms with Gasteiger partial charge in [0.15, 0.2) is 0 Å². The summed E-state index contributed by atoms with van der Waals surface area (Å²) in [4.78, 5) is 9.38. The summed E-state index contributed by atoms with van der Waals surface area (Å²) < 4.78 is 0. The van der Waals surface area contributed by atoms with Gasteiger partial charge in [0, 0.05) is 27.6 Å². The van der Waals surface area contributed by atoms with E-state index in [2.05, 4.69) is 71.0 Å². The van der Waals surface area contributed by atoms with Crippen LogP contribution in [0.2, 0.25) is 0 Å². The number of nitrogens with zero attached hydrogens (tertiary/aromatic N) is 2. The van der Waals surface area contributed by atoms with Crippen LogP contribution in [-0.4, -0.2) is 16.5 Å². The van der Waals surface area contributed by atoms with Gasteiger partial charge in [-0.05, 0) is 61.3 Å². The van der Waals surface area contributed by atoms with E-state index in [4.69, 9.17) is 4.98 Å². The molecule has 1 N–H and O–H groups in total. The van der Waals surface area contributed by atoms with Crippen molar-refractivity contribution in [3.8, 4) is 0 Å². The maximum Gasteiger partial charge on any atom is 0.0713 e. The zero-order valence-corrected chi connectivity index (χ0v) is 19.1. The smallest absolute Gasteiger partial charge is 0.0713 e. The summed E-state index contributed by atoms with van der Waals surface area (Å²) in [6, 6.07) is 36.2. The zero-order chi connectivity index (χ0) is 22.7. The molecule has 0 radical (unpaired) electrons. The molecule has 166 valence electrons. The van der Waals surface area contributed by atoms with Gasteiger partial charge in [-0.1, -0.05) is 73.2 Å². The molecule has 34 heavy (non-hydrogen) atoms. The van der Waals surface area contributed by atoms with Gasteiger partial charge in [-0.15, -0.1) is 0 Å². The zero-order valence-electron chi connectivity index (χ0n) is 19.1. The summed E-state index contributed by atoms with van der Waals surface area (Å²) in [7, 11) is 0. The standard InChI is InChI=1S/C18H18N2.C13H9N/c1-2-8-16-13(6-1)12-15-14(7-5-10-18(15)20-16)17-9-3-4-11-19-17;1-3-7-12-10(5-1)9-11-6-2-4-8-13(11)14-12/h1-2,5-8,10,12,17,19H,3-4,9,11H2;1-9H. The molecule has 3 heterocycles. The molecule has 0 aliphatic carbocycles. The largest absolute Gasteiger partial charge is 0.310 e. The molecule has 3 nitrogen and oxygen atoms in total. The number of hydrogen-bond donors (Lipinski definition) is 1. The van der Waals surface area contributed by atoms with Gasteiger partial charge >= 0.3 is 0 Å². The maximum atomic E-state index is 4.81. The second-order valence-electron chi connectivity index (χ2n) is 8.97. The van der Waals surface area contributed by atoms with E-state index in [-0.39, 0.29) is 0 Å². The normalized spacial score (nSPS) is 15.9. The molecular weight excluding hydrogens is 414 g/mol. The molecule has 0 saturated carbocycles. The van der Waals surface area contributed by atoms with Crippen LogP contribution in [0.4, 0.5) is 0 Å². The molecule has 1 unspecified atom stereocenters. The third-order valence-corrected chi connectivity index (χ3v) is 6.71. The van der Waals surface area contributed by atoms with Crippen LogP contribution in [0.25, 0.3) is 43.6 Å². The van der Waals surface area contributed by atoms with E-state index < -0.39 is 0 Å². The van der Waals surface area contributed by atoms with Crippen molar-refractivity contribution in [3.05, 3.63) is 109 Å². The van der Waals surface area contributed by atoms with E-state index in [1.807, 2.05) is 42.5 Å². The van der Waals surface area contributed by atoms with Gasteiger partial charge in [-0.3, -0.25) is 0 Å². The number of rotatable bonds is 1. The highest BCUT2D eigenvalue weighted by Gasteiger charge is 2.17. The third-order valence-electron chi connectivity index (χ3n) is 6.71. The summed E-state index contributed by atoms with van der Waals surface area (Å²) in [5.41, 5.74) is 5.71. The SMILES string of the molecule is c1ccc2nc3cccc(C4CCCCN4)c3cc2c1.c1ccc2nc3ccccc3cc2c1. The second kappa shape index (κ2) is 9.20. The van der Waals surface area contributed by atoms with E-state index in [0.717, 1.165) is 28.6 Å². The molecule has 3 heteroatoms. The van der Waals surface area contributed by atoms with Crippen molar-refractivity contribution in [2.45, 2.75) is 25.3 Å². The number of nitrogens with one attached hydrogen (secondary N) is 1. The molecule has 4 aromatic carbocycles. The van der Waals surface area contributed by atoms with Gasteiger partial charge < -0.3 is 5.32 Å². The number of para-hydroxylation sites is 3. The van der Waals surface area contributed by atoms with Crippen molar-refractivity contribution in [1.82, 2.24) is 15.3 Å². The highest BCUT2D eigenvalue weighted by Crippen LogP contribution is 2.30. The fourth-order valence-electron chi connectivity index (χ4n) is 4.96. The molecule has 1 aliphatic heterocycles. The Hall–Kier alpha value is -3.82. The highest BCUT2D eigenvalue weighted by atomic mass is 14.9. The van der Waals surface area contributed by atoms with Gasteiger partial charge in [-0.25, -0.2) is 9.97 Å². The molecule has 0 bridgehead atoms. The fourth-order valence-corrected chi connectivity index (χ4v) is 4.96. The van der Waals surface area contributed by atoms with E-state index in [1.165, 1.54) is 46.4 Å². The minimum atomic E-state index is 0.482. The first-order chi connectivity index (χ1) is 16.8. The van der Waals surface area contributed by atoms with Crippen LogP contribution in [0.5, 0.6) is 0 Å². The average molecular weight is 442 g/mol. The summed E-state index contributed by atoms with van der Waals surface area (Å²) in [6.45, 7) is 1.13. The topological polar surface area (TPSA) is 37.8 Å². The molecule has 1 saturated heterocycles. The van der Waals surface area contributed by atoms with Crippen molar-refractivity contribution in [3.63, 3.8) is 0 Å². The number of fused-ring (bicyclic) bond motifs is 4. The highest BCUT2D eigenvalue weighted by molar-refractivity contribution is 5.94. The lowest BCUT2D eigenvalue weighted by molar-refractivity contribution is 0.414. The van der Waals surface area contributed by atoms with Gasteiger partial charge in [0.25, 0.3) is 0 Å². The lowest BCUT2D eigenvalue weighted by atomic mass is 9.94. The molecule has 0 spiro atoms. The van der Waals surface area contributed by atoms with Gasteiger partial charge in [0.2, 0.25) is 0 Å². The van der Waals surface area contributed by atoms with Crippen molar-refractivity contribution < 1.29 is 0 Å². The number of aromatic nitrogens is 2. The van der Waals surface area contributed by atoms with Crippen molar-refractivity contribution in [1.29, 1.82) is 0 Å². The quantitative estimate of drug-likeness (QED) is 0.267. The lowest BCUT2D eigenvalue weighted by Crippen LogP contribution is -2.26. The Morgan fingerprint density at radius 3 is 1.74 bits per heavy atom. The Balaban J connectivity index is 0.000000136. The molecule has 0 amide bonds. The minimum absolute atomic E-state index is 0.482. The molecule has 7 rings (SSSR count). The van der Waals surface area contributed by atoms with E-state index >= 15 is 0 Å². The van der Waals surface area contributed by atoms with Crippen molar-refractivity contribution in [2.75, 3.05) is 6.54 Å².